The molecule has 1 heterocycles. The average molecular weight is 408 g/mol. The Hall–Kier alpha value is -3.13. The molecule has 3 aromatic rings. The van der Waals surface area contributed by atoms with Crippen LogP contribution in [0, 0.1) is 6.92 Å². The van der Waals surface area contributed by atoms with Crippen molar-refractivity contribution in [3.8, 4) is 11.5 Å². The SMILES string of the molecule is Cc1ccc(OC(F)F)c(NC(=O)c2ccnn2COc2ccccc2Cl)c1. The lowest BCUT2D eigenvalue weighted by Gasteiger charge is -2.14. The number of nitrogens with zero attached hydrogens (tertiary/aromatic N) is 2. The number of nitrogens with one attached hydrogen (secondary N) is 1. The lowest BCUT2D eigenvalue weighted by atomic mass is 10.2. The number of aryl methyl sites for hydroxylation is 1. The van der Waals surface area contributed by atoms with E-state index in [0.29, 0.717) is 10.8 Å². The molecule has 0 bridgehead atoms. The molecule has 0 aliphatic heterocycles. The lowest BCUT2D eigenvalue weighted by Crippen LogP contribution is -2.20. The van der Waals surface area contributed by atoms with Crippen molar-refractivity contribution < 1.29 is 23.0 Å². The van der Waals surface area contributed by atoms with E-state index in [1.54, 1.807) is 37.3 Å². The van der Waals surface area contributed by atoms with Crippen LogP contribution in [-0.4, -0.2) is 22.3 Å². The topological polar surface area (TPSA) is 65.4 Å². The molecule has 3 rings (SSSR count). The van der Waals surface area contributed by atoms with Crippen molar-refractivity contribution in [2.75, 3.05) is 5.32 Å². The van der Waals surface area contributed by atoms with Crippen LogP contribution in [0.5, 0.6) is 11.5 Å². The maximum Gasteiger partial charge on any atom is 0.387 e. The van der Waals surface area contributed by atoms with E-state index in [9.17, 15) is 13.6 Å². The Labute approximate surface area is 164 Å². The number of anilines is 1. The Bertz CT molecular complexity index is 979. The van der Waals surface area contributed by atoms with Gasteiger partial charge in [0.25, 0.3) is 5.91 Å². The predicted molar refractivity (Wildman–Crippen MR) is 100 cm³/mol. The Morgan fingerprint density at radius 3 is 2.75 bits per heavy atom. The van der Waals surface area contributed by atoms with Crippen LogP contribution < -0.4 is 14.8 Å². The van der Waals surface area contributed by atoms with E-state index >= 15 is 0 Å². The third-order valence-electron chi connectivity index (χ3n) is 3.73. The van der Waals surface area contributed by atoms with E-state index in [-0.39, 0.29) is 23.9 Å². The van der Waals surface area contributed by atoms with Gasteiger partial charge in [0.2, 0.25) is 0 Å². The Morgan fingerprint density at radius 2 is 2.00 bits per heavy atom. The summed E-state index contributed by atoms with van der Waals surface area (Å²) in [6.07, 6.45) is 1.43. The van der Waals surface area contributed by atoms with Gasteiger partial charge in [-0.05, 0) is 42.8 Å². The van der Waals surface area contributed by atoms with Crippen molar-refractivity contribution in [2.45, 2.75) is 20.3 Å². The number of halogens is 3. The normalized spacial score (nSPS) is 10.8. The smallest absolute Gasteiger partial charge is 0.387 e. The first-order chi connectivity index (χ1) is 13.4. The summed E-state index contributed by atoms with van der Waals surface area (Å²) in [5.41, 5.74) is 1.08. The summed E-state index contributed by atoms with van der Waals surface area (Å²) in [5, 5.41) is 7.04. The molecule has 1 N–H and O–H groups in total. The minimum Gasteiger partial charge on any atom is -0.470 e. The third-order valence-corrected chi connectivity index (χ3v) is 4.04. The second-order valence-corrected chi connectivity index (χ2v) is 6.16. The molecule has 146 valence electrons. The second-order valence-electron chi connectivity index (χ2n) is 5.75. The molecule has 0 saturated carbocycles. The highest BCUT2D eigenvalue weighted by molar-refractivity contribution is 6.32. The number of carbonyl (C=O) groups is 1. The number of rotatable bonds is 7. The highest BCUT2D eigenvalue weighted by Crippen LogP contribution is 2.28. The van der Waals surface area contributed by atoms with E-state index in [1.807, 2.05) is 0 Å². The van der Waals surface area contributed by atoms with Gasteiger partial charge in [-0.15, -0.1) is 0 Å². The van der Waals surface area contributed by atoms with Crippen LogP contribution in [0.4, 0.5) is 14.5 Å². The highest BCUT2D eigenvalue weighted by atomic mass is 35.5. The van der Waals surface area contributed by atoms with Gasteiger partial charge >= 0.3 is 6.61 Å². The fraction of sp³-hybridized carbons (Fsp3) is 0.158. The highest BCUT2D eigenvalue weighted by Gasteiger charge is 2.17. The number of ether oxygens (including phenoxy) is 2. The molecule has 0 atom stereocenters. The zero-order chi connectivity index (χ0) is 20.1. The van der Waals surface area contributed by atoms with Crippen LogP contribution in [0.3, 0.4) is 0 Å². The van der Waals surface area contributed by atoms with Crippen LogP contribution in [0.25, 0.3) is 0 Å². The molecule has 1 aromatic heterocycles. The maximum atomic E-state index is 12.6. The van der Waals surface area contributed by atoms with Gasteiger partial charge in [-0.3, -0.25) is 4.79 Å². The molecule has 1 amide bonds. The summed E-state index contributed by atoms with van der Waals surface area (Å²) in [5.74, 6) is -0.241. The number of alkyl halides is 2. The molecular formula is C19H16ClF2N3O3. The molecule has 0 radical (unpaired) electrons. The van der Waals surface area contributed by atoms with Crippen molar-refractivity contribution in [3.05, 3.63) is 71.0 Å². The van der Waals surface area contributed by atoms with E-state index < -0.39 is 12.5 Å². The van der Waals surface area contributed by atoms with Crippen molar-refractivity contribution in [2.24, 2.45) is 0 Å². The van der Waals surface area contributed by atoms with Crippen molar-refractivity contribution in [1.82, 2.24) is 9.78 Å². The average Bonchev–Trinajstić information content (AvgIpc) is 3.12. The van der Waals surface area contributed by atoms with Crippen molar-refractivity contribution in [3.63, 3.8) is 0 Å². The quantitative estimate of drug-likeness (QED) is 0.614. The van der Waals surface area contributed by atoms with Crippen LogP contribution in [0.15, 0.2) is 54.7 Å². The summed E-state index contributed by atoms with van der Waals surface area (Å²) in [7, 11) is 0. The number of hydrogen-bond donors (Lipinski definition) is 1. The number of amides is 1. The van der Waals surface area contributed by atoms with E-state index in [1.165, 1.54) is 29.1 Å². The summed E-state index contributed by atoms with van der Waals surface area (Å²) >= 11 is 6.04. The maximum absolute atomic E-state index is 12.6. The molecule has 6 nitrogen and oxygen atoms in total. The number of carbonyl (C=O) groups excluding carboxylic acids is 1. The lowest BCUT2D eigenvalue weighted by molar-refractivity contribution is -0.0493. The van der Waals surface area contributed by atoms with Crippen molar-refractivity contribution in [1.29, 1.82) is 0 Å². The van der Waals surface area contributed by atoms with Gasteiger partial charge in [0.05, 0.1) is 10.7 Å². The molecule has 0 aliphatic carbocycles. The van der Waals surface area contributed by atoms with Crippen LogP contribution >= 0.6 is 11.6 Å². The predicted octanol–water partition coefficient (Wildman–Crippen LogP) is 4.74. The number of para-hydroxylation sites is 1. The summed E-state index contributed by atoms with van der Waals surface area (Å²) in [4.78, 5) is 12.6. The van der Waals surface area contributed by atoms with E-state index in [0.717, 1.165) is 5.56 Å². The van der Waals surface area contributed by atoms with Gasteiger partial charge in [-0.2, -0.15) is 13.9 Å². The van der Waals surface area contributed by atoms with Gasteiger partial charge in [0, 0.05) is 6.20 Å². The molecule has 2 aromatic carbocycles. The van der Waals surface area contributed by atoms with E-state index in [4.69, 9.17) is 16.3 Å². The molecule has 0 aliphatic rings. The van der Waals surface area contributed by atoms with Crippen LogP contribution in [0.1, 0.15) is 16.1 Å². The number of aromatic nitrogens is 2. The molecule has 0 saturated heterocycles. The molecule has 0 fully saturated rings. The molecule has 9 heteroatoms. The van der Waals surface area contributed by atoms with E-state index in [2.05, 4.69) is 15.2 Å². The zero-order valence-electron chi connectivity index (χ0n) is 14.7. The molecule has 28 heavy (non-hydrogen) atoms. The van der Waals surface area contributed by atoms with Gasteiger partial charge in [0.1, 0.15) is 17.2 Å². The standard InChI is InChI=1S/C19H16ClF2N3O3/c1-12-6-7-17(28-19(21)22)14(10-12)24-18(26)15-8-9-23-25(15)11-27-16-5-3-2-4-13(16)20/h2-10,19H,11H2,1H3,(H,24,26). The van der Waals surface area contributed by atoms with Gasteiger partial charge in [-0.25, -0.2) is 4.68 Å². The monoisotopic (exact) mass is 407 g/mol. The van der Waals surface area contributed by atoms with Gasteiger partial charge in [0.15, 0.2) is 6.73 Å². The largest absolute Gasteiger partial charge is 0.470 e. The molecule has 0 spiro atoms. The van der Waals surface area contributed by atoms with Crippen LogP contribution in [-0.2, 0) is 6.73 Å². The Morgan fingerprint density at radius 1 is 1.21 bits per heavy atom. The first-order valence-electron chi connectivity index (χ1n) is 8.20. The number of hydrogen-bond acceptors (Lipinski definition) is 4. The summed E-state index contributed by atoms with van der Waals surface area (Å²) in [6, 6.07) is 12.9. The van der Waals surface area contributed by atoms with Crippen molar-refractivity contribution >= 4 is 23.2 Å². The second kappa shape index (κ2) is 8.71. The Balaban J connectivity index is 1.75. The first kappa shape index (κ1) is 19.6. The fourth-order valence-corrected chi connectivity index (χ4v) is 2.64. The zero-order valence-corrected chi connectivity index (χ0v) is 15.5. The molecule has 0 unspecified atom stereocenters. The number of benzene rings is 2. The fourth-order valence-electron chi connectivity index (χ4n) is 2.45. The van der Waals surface area contributed by atoms with Crippen LogP contribution in [0.2, 0.25) is 5.02 Å². The Kier molecular flexibility index (Phi) is 6.10. The third kappa shape index (κ3) is 4.77. The first-order valence-corrected chi connectivity index (χ1v) is 8.58. The van der Waals surface area contributed by atoms with Gasteiger partial charge < -0.3 is 14.8 Å². The minimum atomic E-state index is -3.01. The summed E-state index contributed by atoms with van der Waals surface area (Å²) < 4.78 is 36.5. The van der Waals surface area contributed by atoms with Gasteiger partial charge in [-0.1, -0.05) is 29.8 Å². The minimum absolute atomic E-state index is 0.0618. The molecular weight excluding hydrogens is 392 g/mol. The summed E-state index contributed by atoms with van der Waals surface area (Å²) in [6.45, 7) is -1.30.